The molecule has 0 saturated carbocycles. The number of hydrogen-bond acceptors (Lipinski definition) is 5. The SMILES string of the molecule is Cc1cc(N2C(=NC(=O)CCC(=O)O)SC3CS(=O)(=O)CC32)ccc1Br. The summed E-state index contributed by atoms with van der Waals surface area (Å²) >= 11 is 4.72. The minimum Gasteiger partial charge on any atom is -0.481 e. The van der Waals surface area contributed by atoms with Gasteiger partial charge in [-0.05, 0) is 30.7 Å². The molecule has 0 bridgehead atoms. The van der Waals surface area contributed by atoms with E-state index in [0.717, 1.165) is 15.7 Å². The van der Waals surface area contributed by atoms with Gasteiger partial charge in [0.15, 0.2) is 15.0 Å². The number of sulfone groups is 1. The highest BCUT2D eigenvalue weighted by atomic mass is 79.9. The number of benzene rings is 1. The Kier molecular flexibility index (Phi) is 5.45. The summed E-state index contributed by atoms with van der Waals surface area (Å²) in [5.74, 6) is -1.50. The Bertz CT molecular complexity index is 900. The fourth-order valence-electron chi connectivity index (χ4n) is 3.02. The second-order valence-electron chi connectivity index (χ2n) is 6.29. The second-order valence-corrected chi connectivity index (χ2v) is 10.5. The lowest BCUT2D eigenvalue weighted by molar-refractivity contribution is -0.138. The first kappa shape index (κ1) is 19.4. The van der Waals surface area contributed by atoms with Crippen molar-refractivity contribution in [2.75, 3.05) is 16.4 Å². The number of carbonyl (C=O) groups is 2. The van der Waals surface area contributed by atoms with Crippen LogP contribution in [0.25, 0.3) is 0 Å². The molecule has 2 heterocycles. The maximum absolute atomic E-state index is 12.0. The van der Waals surface area contributed by atoms with E-state index in [1.165, 1.54) is 11.8 Å². The molecule has 0 aromatic heterocycles. The highest BCUT2D eigenvalue weighted by molar-refractivity contribution is 9.10. The first-order chi connectivity index (χ1) is 12.2. The molecule has 0 radical (unpaired) electrons. The van der Waals surface area contributed by atoms with Crippen molar-refractivity contribution in [3.05, 3.63) is 28.2 Å². The highest BCUT2D eigenvalue weighted by Gasteiger charge is 2.49. The Morgan fingerprint density at radius 2 is 2.08 bits per heavy atom. The summed E-state index contributed by atoms with van der Waals surface area (Å²) in [6.45, 7) is 1.93. The lowest BCUT2D eigenvalue weighted by atomic mass is 10.1. The monoisotopic (exact) mass is 460 g/mol. The molecule has 2 aliphatic rings. The van der Waals surface area contributed by atoms with E-state index in [4.69, 9.17) is 5.11 Å². The minimum atomic E-state index is -3.13. The standard InChI is InChI=1S/C16H17BrN2O5S2/c1-9-6-10(2-3-11(9)17)19-12-7-26(23,24)8-13(12)25-16(19)18-14(20)4-5-15(21)22/h2-3,6,12-13H,4-5,7-8H2,1H3,(H,21,22). The Balaban J connectivity index is 1.94. The number of amides is 1. The molecule has 26 heavy (non-hydrogen) atoms. The number of nitrogens with zero attached hydrogens (tertiary/aromatic N) is 2. The zero-order chi connectivity index (χ0) is 19.1. The van der Waals surface area contributed by atoms with Crippen LogP contribution in [0.4, 0.5) is 5.69 Å². The maximum atomic E-state index is 12.0. The van der Waals surface area contributed by atoms with Crippen LogP contribution in [0.2, 0.25) is 0 Å². The van der Waals surface area contributed by atoms with Crippen molar-refractivity contribution in [3.8, 4) is 0 Å². The number of rotatable bonds is 4. The predicted molar refractivity (Wildman–Crippen MR) is 104 cm³/mol. The van der Waals surface area contributed by atoms with Crippen LogP contribution in [0.1, 0.15) is 18.4 Å². The van der Waals surface area contributed by atoms with Crippen molar-refractivity contribution in [1.82, 2.24) is 0 Å². The predicted octanol–water partition coefficient (Wildman–Crippen LogP) is 2.22. The van der Waals surface area contributed by atoms with E-state index >= 15 is 0 Å². The number of anilines is 1. The first-order valence-electron chi connectivity index (χ1n) is 7.92. The van der Waals surface area contributed by atoms with Crippen molar-refractivity contribution in [2.45, 2.75) is 31.1 Å². The molecule has 1 aromatic carbocycles. The Hall–Kier alpha value is -1.39. The molecule has 2 saturated heterocycles. The molecule has 2 unspecified atom stereocenters. The van der Waals surface area contributed by atoms with E-state index in [-0.39, 0.29) is 35.6 Å². The number of thioether (sulfide) groups is 1. The number of aryl methyl sites for hydroxylation is 1. The number of aliphatic imine (C=N–C) groups is 1. The lowest BCUT2D eigenvalue weighted by Crippen LogP contribution is -2.37. The fraction of sp³-hybridized carbons (Fsp3) is 0.438. The van der Waals surface area contributed by atoms with Crippen LogP contribution >= 0.6 is 27.7 Å². The average molecular weight is 461 g/mol. The van der Waals surface area contributed by atoms with E-state index in [1.54, 1.807) is 4.90 Å². The molecular formula is C16H17BrN2O5S2. The Labute approximate surface area is 163 Å². The molecule has 0 spiro atoms. The van der Waals surface area contributed by atoms with Crippen LogP contribution in [-0.4, -0.2) is 53.4 Å². The largest absolute Gasteiger partial charge is 0.481 e. The third-order valence-electron chi connectivity index (χ3n) is 4.26. The van der Waals surface area contributed by atoms with Gasteiger partial charge in [-0.25, -0.2) is 8.42 Å². The minimum absolute atomic E-state index is 0.0160. The number of amidine groups is 1. The number of hydrogen-bond donors (Lipinski definition) is 1. The average Bonchev–Trinajstić information content (AvgIpc) is 2.99. The summed E-state index contributed by atoms with van der Waals surface area (Å²) < 4.78 is 25.0. The van der Waals surface area contributed by atoms with Gasteiger partial charge in [0.05, 0.1) is 24.0 Å². The molecule has 140 valence electrons. The summed E-state index contributed by atoms with van der Waals surface area (Å²) in [4.78, 5) is 28.6. The summed E-state index contributed by atoms with van der Waals surface area (Å²) in [6.07, 6.45) is -0.459. The Morgan fingerprint density at radius 1 is 1.35 bits per heavy atom. The number of carbonyl (C=O) groups excluding carboxylic acids is 1. The number of aliphatic carboxylic acids is 1. The zero-order valence-electron chi connectivity index (χ0n) is 13.9. The molecule has 2 aliphatic heterocycles. The van der Waals surface area contributed by atoms with Crippen molar-refractivity contribution in [3.63, 3.8) is 0 Å². The van der Waals surface area contributed by atoms with Crippen molar-refractivity contribution >= 4 is 60.3 Å². The number of carboxylic acid groups (broad SMARTS) is 1. The van der Waals surface area contributed by atoms with Crippen LogP contribution in [0.3, 0.4) is 0 Å². The normalized spacial score (nSPS) is 25.5. The fourth-order valence-corrected chi connectivity index (χ4v) is 7.20. The van der Waals surface area contributed by atoms with Gasteiger partial charge in [-0.3, -0.25) is 9.59 Å². The van der Waals surface area contributed by atoms with E-state index in [1.807, 2.05) is 25.1 Å². The quantitative estimate of drug-likeness (QED) is 0.733. The third kappa shape index (κ3) is 4.12. The molecule has 1 amide bonds. The van der Waals surface area contributed by atoms with Crippen LogP contribution in [0, 0.1) is 6.92 Å². The van der Waals surface area contributed by atoms with Gasteiger partial charge in [-0.1, -0.05) is 27.7 Å². The molecule has 3 rings (SSSR count). The first-order valence-corrected chi connectivity index (χ1v) is 11.4. The lowest BCUT2D eigenvalue weighted by Gasteiger charge is -2.25. The molecule has 0 aliphatic carbocycles. The van der Waals surface area contributed by atoms with Gasteiger partial charge < -0.3 is 10.0 Å². The molecule has 1 N–H and O–H groups in total. The number of carboxylic acids is 1. The molecule has 2 fully saturated rings. The van der Waals surface area contributed by atoms with Crippen molar-refractivity contribution in [2.24, 2.45) is 4.99 Å². The van der Waals surface area contributed by atoms with Crippen molar-refractivity contribution in [1.29, 1.82) is 0 Å². The maximum Gasteiger partial charge on any atom is 0.303 e. The van der Waals surface area contributed by atoms with Gasteiger partial charge in [0, 0.05) is 21.8 Å². The summed E-state index contributed by atoms with van der Waals surface area (Å²) in [7, 11) is -3.13. The van der Waals surface area contributed by atoms with Gasteiger partial charge in [0.1, 0.15) is 0 Å². The summed E-state index contributed by atoms with van der Waals surface area (Å²) in [5, 5.41) is 8.96. The number of fused-ring (bicyclic) bond motifs is 1. The van der Waals surface area contributed by atoms with Gasteiger partial charge in [-0.2, -0.15) is 4.99 Å². The molecule has 10 heteroatoms. The van der Waals surface area contributed by atoms with Gasteiger partial charge in [0.25, 0.3) is 0 Å². The topological polar surface area (TPSA) is 104 Å². The van der Waals surface area contributed by atoms with Crippen LogP contribution < -0.4 is 4.90 Å². The molecule has 2 atom stereocenters. The summed E-state index contributed by atoms with van der Waals surface area (Å²) in [6, 6.07) is 5.35. The Morgan fingerprint density at radius 3 is 2.73 bits per heavy atom. The van der Waals surface area contributed by atoms with Crippen LogP contribution in [0.15, 0.2) is 27.7 Å². The van der Waals surface area contributed by atoms with Crippen LogP contribution in [-0.2, 0) is 19.4 Å². The molecular weight excluding hydrogens is 444 g/mol. The van der Waals surface area contributed by atoms with E-state index in [0.29, 0.717) is 5.17 Å². The van der Waals surface area contributed by atoms with Crippen molar-refractivity contribution < 1.29 is 23.1 Å². The number of halogens is 1. The van der Waals surface area contributed by atoms with Gasteiger partial charge in [0.2, 0.25) is 5.91 Å². The van der Waals surface area contributed by atoms with E-state index in [2.05, 4.69) is 20.9 Å². The summed E-state index contributed by atoms with van der Waals surface area (Å²) in [5.41, 5.74) is 1.75. The highest BCUT2D eigenvalue weighted by Crippen LogP contribution is 2.41. The second kappa shape index (κ2) is 7.32. The van der Waals surface area contributed by atoms with Crippen LogP contribution in [0.5, 0.6) is 0 Å². The van der Waals surface area contributed by atoms with E-state index < -0.39 is 21.7 Å². The van der Waals surface area contributed by atoms with Gasteiger partial charge >= 0.3 is 5.97 Å². The van der Waals surface area contributed by atoms with Gasteiger partial charge in [-0.15, -0.1) is 0 Å². The molecule has 7 nitrogen and oxygen atoms in total. The molecule has 1 aromatic rings. The third-order valence-corrected chi connectivity index (χ3v) is 8.36. The smallest absolute Gasteiger partial charge is 0.303 e. The zero-order valence-corrected chi connectivity index (χ0v) is 17.1. The van der Waals surface area contributed by atoms with E-state index in [9.17, 15) is 18.0 Å².